The lowest BCUT2D eigenvalue weighted by molar-refractivity contribution is 0.340. The molecule has 2 aromatic heterocycles. The Kier molecular flexibility index (Phi) is 4.58. The predicted octanol–water partition coefficient (Wildman–Crippen LogP) is 4.25. The van der Waals surface area contributed by atoms with Crippen LogP contribution < -0.4 is 15.0 Å². The highest BCUT2D eigenvalue weighted by Crippen LogP contribution is 2.41. The van der Waals surface area contributed by atoms with E-state index in [1.54, 1.807) is 12.5 Å². The fraction of sp³-hybridized carbons (Fsp3) is 0.200. The van der Waals surface area contributed by atoms with Gasteiger partial charge < -0.3 is 19.4 Å². The van der Waals surface area contributed by atoms with Crippen LogP contribution in [0.3, 0.4) is 0 Å². The highest BCUT2D eigenvalue weighted by molar-refractivity contribution is 7.80. The van der Waals surface area contributed by atoms with E-state index in [1.807, 2.05) is 61.5 Å². The Morgan fingerprint density at radius 2 is 2.00 bits per heavy atom. The van der Waals surface area contributed by atoms with E-state index >= 15 is 0 Å². The lowest BCUT2D eigenvalue weighted by atomic mass is 10.0. The Balaban J connectivity index is 1.73. The Labute approximate surface area is 157 Å². The number of ether oxygens (including phenoxy) is 1. The third-order valence-electron chi connectivity index (χ3n) is 4.36. The quantitative estimate of drug-likeness (QED) is 0.682. The molecule has 2 atom stereocenters. The van der Waals surface area contributed by atoms with Crippen LogP contribution in [0.2, 0.25) is 0 Å². The van der Waals surface area contributed by atoms with Gasteiger partial charge in [0.1, 0.15) is 17.6 Å². The van der Waals surface area contributed by atoms with E-state index in [0.29, 0.717) is 11.7 Å². The molecule has 3 heterocycles. The average molecular weight is 365 g/mol. The number of furan rings is 1. The second-order valence-electron chi connectivity index (χ2n) is 5.94. The summed E-state index contributed by atoms with van der Waals surface area (Å²) in [7, 11) is 0. The minimum atomic E-state index is -0.120. The van der Waals surface area contributed by atoms with E-state index in [9.17, 15) is 0 Å². The van der Waals surface area contributed by atoms with Gasteiger partial charge in [0.05, 0.1) is 24.6 Å². The molecule has 3 aromatic rings. The maximum absolute atomic E-state index is 5.74. The molecule has 26 heavy (non-hydrogen) atoms. The first-order valence-electron chi connectivity index (χ1n) is 8.55. The fourth-order valence-corrected chi connectivity index (χ4v) is 3.60. The van der Waals surface area contributed by atoms with Gasteiger partial charge in [0.25, 0.3) is 0 Å². The summed E-state index contributed by atoms with van der Waals surface area (Å²) >= 11 is 5.65. The SMILES string of the molecule is CCOc1ccc(N2C(=S)N[C@@H](c3ccccn3)[C@@H]2c2ccco2)cc1. The van der Waals surface area contributed by atoms with Crippen LogP contribution in [0.15, 0.2) is 71.5 Å². The monoisotopic (exact) mass is 365 g/mol. The van der Waals surface area contributed by atoms with Crippen molar-refractivity contribution < 1.29 is 9.15 Å². The lowest BCUT2D eigenvalue weighted by Gasteiger charge is -2.26. The van der Waals surface area contributed by atoms with Gasteiger partial charge in [-0.15, -0.1) is 0 Å². The first-order chi connectivity index (χ1) is 12.8. The number of nitrogens with one attached hydrogen (secondary N) is 1. The number of aromatic nitrogens is 1. The van der Waals surface area contributed by atoms with Crippen LogP contribution in [0.1, 0.15) is 30.5 Å². The van der Waals surface area contributed by atoms with Gasteiger partial charge in [0.2, 0.25) is 0 Å². The van der Waals surface area contributed by atoms with Gasteiger partial charge in [-0.1, -0.05) is 6.07 Å². The van der Waals surface area contributed by atoms with Gasteiger partial charge in [-0.05, 0) is 67.7 Å². The van der Waals surface area contributed by atoms with Crippen molar-refractivity contribution in [1.29, 1.82) is 0 Å². The highest BCUT2D eigenvalue weighted by Gasteiger charge is 2.42. The molecule has 0 aliphatic carbocycles. The van der Waals surface area contributed by atoms with Gasteiger partial charge in [-0.2, -0.15) is 0 Å². The van der Waals surface area contributed by atoms with E-state index in [4.69, 9.17) is 21.4 Å². The van der Waals surface area contributed by atoms with E-state index in [1.165, 1.54) is 0 Å². The van der Waals surface area contributed by atoms with Crippen molar-refractivity contribution >= 4 is 23.0 Å². The molecule has 1 aliphatic rings. The maximum Gasteiger partial charge on any atom is 0.174 e. The molecule has 6 heteroatoms. The minimum Gasteiger partial charge on any atom is -0.494 e. The largest absolute Gasteiger partial charge is 0.494 e. The molecular formula is C20H19N3O2S. The molecule has 0 radical (unpaired) electrons. The van der Waals surface area contributed by atoms with Crippen LogP contribution >= 0.6 is 12.2 Å². The molecule has 1 fully saturated rings. The standard InChI is InChI=1S/C20H19N3O2S/c1-2-24-15-10-8-14(9-11-15)23-19(17-7-5-13-25-17)18(22-20(23)26)16-6-3-4-12-21-16/h3-13,18-19H,2H2,1H3,(H,22,26)/t18-,19-/m0/s1. The van der Waals surface area contributed by atoms with Crippen LogP contribution in [-0.2, 0) is 0 Å². The first-order valence-corrected chi connectivity index (χ1v) is 8.95. The summed E-state index contributed by atoms with van der Waals surface area (Å²) in [4.78, 5) is 6.58. The number of hydrogen-bond acceptors (Lipinski definition) is 4. The molecule has 1 aliphatic heterocycles. The number of hydrogen-bond donors (Lipinski definition) is 1. The summed E-state index contributed by atoms with van der Waals surface area (Å²) in [5.74, 6) is 1.67. The number of pyridine rings is 1. The summed E-state index contributed by atoms with van der Waals surface area (Å²) in [6.45, 7) is 2.61. The van der Waals surface area contributed by atoms with Crippen LogP contribution in [0.4, 0.5) is 5.69 Å². The zero-order chi connectivity index (χ0) is 17.9. The molecule has 1 aromatic carbocycles. The fourth-order valence-electron chi connectivity index (χ4n) is 3.25. The zero-order valence-corrected chi connectivity index (χ0v) is 15.1. The third-order valence-corrected chi connectivity index (χ3v) is 4.67. The van der Waals surface area contributed by atoms with Crippen molar-refractivity contribution in [3.05, 3.63) is 78.5 Å². The number of thiocarbonyl (C=S) groups is 1. The van der Waals surface area contributed by atoms with Crippen molar-refractivity contribution in [2.75, 3.05) is 11.5 Å². The molecular weight excluding hydrogens is 346 g/mol. The molecule has 1 N–H and O–H groups in total. The van der Waals surface area contributed by atoms with E-state index < -0.39 is 0 Å². The molecule has 0 unspecified atom stereocenters. The molecule has 132 valence electrons. The summed E-state index contributed by atoms with van der Waals surface area (Å²) < 4.78 is 11.3. The number of anilines is 1. The van der Waals surface area contributed by atoms with Crippen molar-refractivity contribution in [3.8, 4) is 5.75 Å². The Hall–Kier alpha value is -2.86. The topological polar surface area (TPSA) is 50.5 Å². The van der Waals surface area contributed by atoms with E-state index in [-0.39, 0.29) is 12.1 Å². The molecule has 4 rings (SSSR count). The normalized spacial score (nSPS) is 19.4. The van der Waals surface area contributed by atoms with Gasteiger partial charge in [-0.3, -0.25) is 4.98 Å². The molecule has 5 nitrogen and oxygen atoms in total. The van der Waals surface area contributed by atoms with Crippen molar-refractivity contribution in [1.82, 2.24) is 10.3 Å². The van der Waals surface area contributed by atoms with Crippen LogP contribution in [0.5, 0.6) is 5.75 Å². The summed E-state index contributed by atoms with van der Waals surface area (Å²) in [5.41, 5.74) is 1.90. The van der Waals surface area contributed by atoms with Crippen molar-refractivity contribution in [2.24, 2.45) is 0 Å². The Morgan fingerprint density at radius 1 is 1.15 bits per heavy atom. The van der Waals surface area contributed by atoms with Crippen LogP contribution in [0.25, 0.3) is 0 Å². The first kappa shape index (κ1) is 16.6. The Bertz CT molecular complexity index is 866. The predicted molar refractivity (Wildman–Crippen MR) is 104 cm³/mol. The number of nitrogens with zero attached hydrogens (tertiary/aromatic N) is 2. The summed E-state index contributed by atoms with van der Waals surface area (Å²) in [5, 5.41) is 4.05. The zero-order valence-electron chi connectivity index (χ0n) is 14.3. The lowest BCUT2D eigenvalue weighted by Crippen LogP contribution is -2.29. The second kappa shape index (κ2) is 7.17. The minimum absolute atomic E-state index is 0.0959. The Morgan fingerprint density at radius 3 is 2.65 bits per heavy atom. The van der Waals surface area contributed by atoms with Crippen molar-refractivity contribution in [2.45, 2.75) is 19.0 Å². The van der Waals surface area contributed by atoms with Crippen LogP contribution in [-0.4, -0.2) is 16.7 Å². The number of rotatable bonds is 5. The molecule has 0 spiro atoms. The molecule has 0 bridgehead atoms. The summed E-state index contributed by atoms with van der Waals surface area (Å²) in [6, 6.07) is 17.5. The summed E-state index contributed by atoms with van der Waals surface area (Å²) in [6.07, 6.45) is 3.47. The molecule has 0 amide bonds. The third kappa shape index (κ3) is 3.04. The van der Waals surface area contributed by atoms with E-state index in [0.717, 1.165) is 22.9 Å². The number of benzene rings is 1. The van der Waals surface area contributed by atoms with Crippen LogP contribution in [0, 0.1) is 0 Å². The highest BCUT2D eigenvalue weighted by atomic mass is 32.1. The second-order valence-corrected chi connectivity index (χ2v) is 6.33. The van der Waals surface area contributed by atoms with E-state index in [2.05, 4.69) is 15.2 Å². The molecule has 1 saturated heterocycles. The molecule has 0 saturated carbocycles. The maximum atomic E-state index is 5.74. The van der Waals surface area contributed by atoms with Gasteiger partial charge in [0.15, 0.2) is 5.11 Å². The average Bonchev–Trinajstić information content (AvgIpc) is 3.31. The van der Waals surface area contributed by atoms with Gasteiger partial charge in [0, 0.05) is 11.9 Å². The van der Waals surface area contributed by atoms with Gasteiger partial charge in [-0.25, -0.2) is 0 Å². The van der Waals surface area contributed by atoms with Crippen molar-refractivity contribution in [3.63, 3.8) is 0 Å². The smallest absolute Gasteiger partial charge is 0.174 e. The van der Waals surface area contributed by atoms with Gasteiger partial charge >= 0.3 is 0 Å².